The third kappa shape index (κ3) is 5.69. The minimum Gasteiger partial charge on any atom is -0.492 e. The molecule has 0 saturated heterocycles. The van der Waals surface area contributed by atoms with Gasteiger partial charge in [-0.25, -0.2) is 13.6 Å². The van der Waals surface area contributed by atoms with Crippen LogP contribution in [0.15, 0.2) is 36.5 Å². The number of nitrogens with two attached hydrogens (primary N) is 1. The fraction of sp³-hybridized carbons (Fsp3) is 0.400. The zero-order chi connectivity index (χ0) is 15.1. The maximum atomic E-state index is 10.8. The highest BCUT2D eigenvalue weighted by Gasteiger charge is 2.02. The summed E-state index contributed by atoms with van der Waals surface area (Å²) in [5.41, 5.74) is 0.952. The lowest BCUT2D eigenvalue weighted by Gasteiger charge is -2.06. The average Bonchev–Trinajstić information content (AvgIpc) is 2.45. The second kappa shape index (κ2) is 7.38. The van der Waals surface area contributed by atoms with E-state index in [2.05, 4.69) is 4.98 Å². The van der Waals surface area contributed by atoms with Crippen LogP contribution in [-0.2, 0) is 10.0 Å². The van der Waals surface area contributed by atoms with Gasteiger partial charge in [0.05, 0.1) is 24.1 Å². The number of benzene rings is 1. The van der Waals surface area contributed by atoms with Crippen LogP contribution in [0.5, 0.6) is 5.75 Å². The summed E-state index contributed by atoms with van der Waals surface area (Å²) in [6, 6.07) is 9.87. The first-order chi connectivity index (χ1) is 10.0. The lowest BCUT2D eigenvalue weighted by atomic mass is 10.2. The van der Waals surface area contributed by atoms with Gasteiger partial charge in [0.25, 0.3) is 0 Å². The Morgan fingerprint density at radius 3 is 2.67 bits per heavy atom. The van der Waals surface area contributed by atoms with Crippen molar-refractivity contribution in [2.75, 3.05) is 12.4 Å². The number of hydrogen-bond acceptors (Lipinski definition) is 4. The minimum absolute atomic E-state index is 0.0580. The summed E-state index contributed by atoms with van der Waals surface area (Å²) in [7, 11) is -3.32. The molecule has 0 unspecified atom stereocenters. The molecular weight excluding hydrogens is 288 g/mol. The molecule has 0 saturated carbocycles. The van der Waals surface area contributed by atoms with Gasteiger partial charge >= 0.3 is 0 Å². The van der Waals surface area contributed by atoms with E-state index in [1.54, 1.807) is 6.20 Å². The highest BCUT2D eigenvalue weighted by atomic mass is 32.2. The number of ether oxygens (including phenoxy) is 1. The Labute approximate surface area is 125 Å². The summed E-state index contributed by atoms with van der Waals surface area (Å²) in [5, 5.41) is 6.00. The number of unbranched alkanes of at least 4 members (excludes halogenated alkanes) is 3. The van der Waals surface area contributed by atoms with Crippen molar-refractivity contribution in [3.05, 3.63) is 36.5 Å². The van der Waals surface area contributed by atoms with Crippen molar-refractivity contribution >= 4 is 20.9 Å². The van der Waals surface area contributed by atoms with Crippen LogP contribution in [-0.4, -0.2) is 25.8 Å². The standard InChI is InChI=1S/C15H20N2O3S/c16-21(18,19)10-6-2-1-5-9-20-14-11-13-7-3-4-8-15(13)17-12-14/h3-4,7-8,11-12H,1-2,5-6,9-10H2,(H2,16,18,19). The van der Waals surface area contributed by atoms with Gasteiger partial charge in [0.1, 0.15) is 5.75 Å². The maximum absolute atomic E-state index is 10.8. The number of nitrogens with zero attached hydrogens (tertiary/aromatic N) is 1. The zero-order valence-corrected chi connectivity index (χ0v) is 12.7. The molecule has 0 aliphatic heterocycles. The van der Waals surface area contributed by atoms with E-state index in [1.807, 2.05) is 30.3 Å². The molecule has 114 valence electrons. The van der Waals surface area contributed by atoms with Crippen LogP contribution in [0.1, 0.15) is 25.7 Å². The number of para-hydroxylation sites is 1. The number of primary sulfonamides is 1. The van der Waals surface area contributed by atoms with Gasteiger partial charge in [-0.2, -0.15) is 0 Å². The molecule has 0 amide bonds. The predicted molar refractivity (Wildman–Crippen MR) is 83.7 cm³/mol. The summed E-state index contributed by atoms with van der Waals surface area (Å²) >= 11 is 0. The van der Waals surface area contributed by atoms with Gasteiger partial charge in [0, 0.05) is 5.39 Å². The molecule has 0 fully saturated rings. The first-order valence-electron chi connectivity index (χ1n) is 7.03. The number of fused-ring (bicyclic) bond motifs is 1. The second-order valence-electron chi connectivity index (χ2n) is 4.99. The quantitative estimate of drug-likeness (QED) is 0.759. The molecular formula is C15H20N2O3S. The normalized spacial score (nSPS) is 11.7. The van der Waals surface area contributed by atoms with Crippen molar-refractivity contribution in [3.8, 4) is 5.75 Å². The Morgan fingerprint density at radius 2 is 1.86 bits per heavy atom. The Bertz CT molecular complexity index is 686. The fourth-order valence-electron chi connectivity index (χ4n) is 2.08. The summed E-state index contributed by atoms with van der Waals surface area (Å²) < 4.78 is 27.2. The fourth-order valence-corrected chi connectivity index (χ4v) is 2.69. The van der Waals surface area contributed by atoms with Crippen molar-refractivity contribution < 1.29 is 13.2 Å². The molecule has 0 aliphatic carbocycles. The van der Waals surface area contributed by atoms with E-state index in [0.29, 0.717) is 13.0 Å². The van der Waals surface area contributed by atoms with Crippen molar-refractivity contribution in [1.82, 2.24) is 4.98 Å². The molecule has 2 rings (SSSR count). The molecule has 0 bridgehead atoms. The SMILES string of the molecule is NS(=O)(=O)CCCCCCOc1cnc2ccccc2c1. The Hall–Kier alpha value is -1.66. The first-order valence-corrected chi connectivity index (χ1v) is 8.74. The van der Waals surface area contributed by atoms with E-state index in [9.17, 15) is 8.42 Å². The number of sulfonamides is 1. The molecule has 1 aromatic heterocycles. The Morgan fingerprint density at radius 1 is 1.10 bits per heavy atom. The van der Waals surface area contributed by atoms with Crippen LogP contribution < -0.4 is 9.88 Å². The van der Waals surface area contributed by atoms with Gasteiger partial charge in [0.2, 0.25) is 10.0 Å². The van der Waals surface area contributed by atoms with Gasteiger partial charge in [-0.3, -0.25) is 4.98 Å². The highest BCUT2D eigenvalue weighted by molar-refractivity contribution is 7.89. The van der Waals surface area contributed by atoms with Gasteiger partial charge < -0.3 is 4.74 Å². The van der Waals surface area contributed by atoms with E-state index in [4.69, 9.17) is 9.88 Å². The van der Waals surface area contributed by atoms with Crippen LogP contribution in [0, 0.1) is 0 Å². The molecule has 1 heterocycles. The molecule has 0 aliphatic rings. The molecule has 0 spiro atoms. The highest BCUT2D eigenvalue weighted by Crippen LogP contribution is 2.18. The van der Waals surface area contributed by atoms with Crippen molar-refractivity contribution in [2.24, 2.45) is 5.14 Å². The molecule has 21 heavy (non-hydrogen) atoms. The summed E-state index contributed by atoms with van der Waals surface area (Å²) in [6.07, 6.45) is 4.99. The summed E-state index contributed by atoms with van der Waals surface area (Å²) in [4.78, 5) is 4.33. The van der Waals surface area contributed by atoms with Gasteiger partial charge in [-0.05, 0) is 25.0 Å². The van der Waals surface area contributed by atoms with Crippen LogP contribution in [0.3, 0.4) is 0 Å². The van der Waals surface area contributed by atoms with Crippen LogP contribution in [0.25, 0.3) is 10.9 Å². The lowest BCUT2D eigenvalue weighted by molar-refractivity contribution is 0.304. The molecule has 2 aromatic rings. The smallest absolute Gasteiger partial charge is 0.209 e. The first kappa shape index (κ1) is 15.7. The van der Waals surface area contributed by atoms with E-state index < -0.39 is 10.0 Å². The Kier molecular flexibility index (Phi) is 5.52. The minimum atomic E-state index is -3.32. The monoisotopic (exact) mass is 308 g/mol. The molecule has 6 heteroatoms. The molecule has 0 radical (unpaired) electrons. The summed E-state index contributed by atoms with van der Waals surface area (Å²) in [6.45, 7) is 0.607. The average molecular weight is 308 g/mol. The maximum Gasteiger partial charge on any atom is 0.209 e. The predicted octanol–water partition coefficient (Wildman–Crippen LogP) is 2.46. The van der Waals surface area contributed by atoms with E-state index in [0.717, 1.165) is 35.9 Å². The van der Waals surface area contributed by atoms with Gasteiger partial charge in [0.15, 0.2) is 0 Å². The van der Waals surface area contributed by atoms with Crippen molar-refractivity contribution in [3.63, 3.8) is 0 Å². The van der Waals surface area contributed by atoms with E-state index >= 15 is 0 Å². The van der Waals surface area contributed by atoms with Crippen LogP contribution in [0.4, 0.5) is 0 Å². The topological polar surface area (TPSA) is 82.3 Å². The third-order valence-corrected chi connectivity index (χ3v) is 4.02. The number of aromatic nitrogens is 1. The van der Waals surface area contributed by atoms with E-state index in [1.165, 1.54) is 0 Å². The largest absolute Gasteiger partial charge is 0.492 e. The molecule has 0 atom stereocenters. The number of pyridine rings is 1. The number of rotatable bonds is 8. The Balaban J connectivity index is 1.68. The van der Waals surface area contributed by atoms with Crippen molar-refractivity contribution in [2.45, 2.75) is 25.7 Å². The van der Waals surface area contributed by atoms with Crippen molar-refractivity contribution in [1.29, 1.82) is 0 Å². The lowest BCUT2D eigenvalue weighted by Crippen LogP contribution is -2.16. The van der Waals surface area contributed by atoms with Gasteiger partial charge in [-0.1, -0.05) is 31.0 Å². The van der Waals surface area contributed by atoms with Gasteiger partial charge in [-0.15, -0.1) is 0 Å². The summed E-state index contributed by atoms with van der Waals surface area (Å²) in [5.74, 6) is 0.820. The molecule has 2 N–H and O–H groups in total. The molecule has 1 aromatic carbocycles. The number of hydrogen-bond donors (Lipinski definition) is 1. The third-order valence-electron chi connectivity index (χ3n) is 3.16. The van der Waals surface area contributed by atoms with Crippen LogP contribution in [0.2, 0.25) is 0 Å². The zero-order valence-electron chi connectivity index (χ0n) is 11.9. The van der Waals surface area contributed by atoms with Crippen LogP contribution >= 0.6 is 0 Å². The van der Waals surface area contributed by atoms with E-state index in [-0.39, 0.29) is 5.75 Å². The second-order valence-corrected chi connectivity index (χ2v) is 6.73. The molecule has 5 nitrogen and oxygen atoms in total.